The van der Waals surface area contributed by atoms with E-state index in [1.807, 2.05) is 12.3 Å². The first-order valence-corrected chi connectivity index (χ1v) is 6.75. The van der Waals surface area contributed by atoms with E-state index < -0.39 is 0 Å². The molecule has 0 radical (unpaired) electrons. The molecule has 4 heteroatoms. The van der Waals surface area contributed by atoms with E-state index in [2.05, 4.69) is 28.7 Å². The van der Waals surface area contributed by atoms with Gasteiger partial charge in [0.1, 0.15) is 0 Å². The smallest absolute Gasteiger partial charge is 0.0637 e. The van der Waals surface area contributed by atoms with Crippen molar-refractivity contribution in [2.24, 2.45) is 0 Å². The topological polar surface area (TPSA) is 28.2 Å². The van der Waals surface area contributed by atoms with Gasteiger partial charge in [-0.05, 0) is 25.0 Å². The molecule has 3 nitrogen and oxygen atoms in total. The molecule has 1 fully saturated rings. The summed E-state index contributed by atoms with van der Waals surface area (Å²) in [7, 11) is 0. The molecule has 0 saturated carbocycles. The van der Waals surface area contributed by atoms with Crippen LogP contribution in [0.1, 0.15) is 24.9 Å². The molecule has 98 valence electrons. The fourth-order valence-corrected chi connectivity index (χ4v) is 2.66. The van der Waals surface area contributed by atoms with Gasteiger partial charge < -0.3 is 5.32 Å². The van der Waals surface area contributed by atoms with E-state index in [9.17, 15) is 0 Å². The van der Waals surface area contributed by atoms with Crippen molar-refractivity contribution in [2.45, 2.75) is 19.4 Å². The SMILES string of the molecule is C=C(C)C[C@@H](c1ccncc1Cl)N1CCNCC1. The molecule has 1 N–H and O–H groups in total. The minimum atomic E-state index is 0.320. The Morgan fingerprint density at radius 3 is 2.89 bits per heavy atom. The first kappa shape index (κ1) is 13.5. The number of rotatable bonds is 4. The van der Waals surface area contributed by atoms with E-state index in [-0.39, 0.29) is 0 Å². The van der Waals surface area contributed by atoms with Crippen LogP contribution in [0.25, 0.3) is 0 Å². The summed E-state index contributed by atoms with van der Waals surface area (Å²) in [6.07, 6.45) is 4.49. The Hall–Kier alpha value is -0.900. The molecule has 2 heterocycles. The van der Waals surface area contributed by atoms with E-state index in [0.717, 1.165) is 43.2 Å². The van der Waals surface area contributed by atoms with Gasteiger partial charge in [0.2, 0.25) is 0 Å². The summed E-state index contributed by atoms with van der Waals surface area (Å²) in [5, 5.41) is 4.13. The van der Waals surface area contributed by atoms with Crippen molar-refractivity contribution in [3.8, 4) is 0 Å². The zero-order valence-electron chi connectivity index (χ0n) is 10.8. The molecule has 0 aliphatic carbocycles. The Bertz CT molecular complexity index is 413. The van der Waals surface area contributed by atoms with Crippen molar-refractivity contribution in [2.75, 3.05) is 26.2 Å². The van der Waals surface area contributed by atoms with Crippen molar-refractivity contribution >= 4 is 11.6 Å². The second-order valence-corrected chi connectivity index (χ2v) is 5.27. The number of aromatic nitrogens is 1. The number of halogens is 1. The van der Waals surface area contributed by atoms with E-state index >= 15 is 0 Å². The third-order valence-electron chi connectivity index (χ3n) is 3.30. The van der Waals surface area contributed by atoms with Gasteiger partial charge in [0.15, 0.2) is 0 Å². The Kier molecular flexibility index (Phi) is 4.75. The first-order valence-electron chi connectivity index (χ1n) is 6.37. The molecule has 1 aliphatic heterocycles. The van der Waals surface area contributed by atoms with E-state index in [1.54, 1.807) is 6.20 Å². The van der Waals surface area contributed by atoms with Crippen LogP contribution in [0.3, 0.4) is 0 Å². The van der Waals surface area contributed by atoms with Gasteiger partial charge in [-0.3, -0.25) is 9.88 Å². The van der Waals surface area contributed by atoms with Crippen LogP contribution in [0, 0.1) is 0 Å². The summed E-state index contributed by atoms with van der Waals surface area (Å²) in [6.45, 7) is 10.3. The quantitative estimate of drug-likeness (QED) is 0.849. The maximum absolute atomic E-state index is 6.29. The van der Waals surface area contributed by atoms with Crippen LogP contribution in [-0.4, -0.2) is 36.1 Å². The van der Waals surface area contributed by atoms with Gasteiger partial charge in [0, 0.05) is 44.6 Å². The highest BCUT2D eigenvalue weighted by atomic mass is 35.5. The zero-order valence-corrected chi connectivity index (χ0v) is 11.6. The summed E-state index contributed by atoms with van der Waals surface area (Å²) in [6, 6.07) is 2.35. The predicted octanol–water partition coefficient (Wildman–Crippen LogP) is 2.65. The van der Waals surface area contributed by atoms with Gasteiger partial charge >= 0.3 is 0 Å². The summed E-state index contributed by atoms with van der Waals surface area (Å²) < 4.78 is 0. The number of nitrogens with zero attached hydrogens (tertiary/aromatic N) is 2. The fraction of sp³-hybridized carbons (Fsp3) is 0.500. The molecule has 0 unspecified atom stereocenters. The van der Waals surface area contributed by atoms with Gasteiger partial charge in [0.25, 0.3) is 0 Å². The van der Waals surface area contributed by atoms with Gasteiger partial charge in [-0.2, -0.15) is 0 Å². The van der Waals surface area contributed by atoms with Crippen LogP contribution in [0.15, 0.2) is 30.6 Å². The first-order chi connectivity index (χ1) is 8.68. The summed E-state index contributed by atoms with van der Waals surface area (Å²) in [5.74, 6) is 0. The van der Waals surface area contributed by atoms with Crippen molar-refractivity contribution in [1.82, 2.24) is 15.2 Å². The van der Waals surface area contributed by atoms with E-state index in [1.165, 1.54) is 5.57 Å². The number of hydrogen-bond donors (Lipinski definition) is 1. The molecular formula is C14H20ClN3. The average Bonchev–Trinajstić information content (AvgIpc) is 2.38. The molecular weight excluding hydrogens is 246 g/mol. The van der Waals surface area contributed by atoms with Crippen LogP contribution in [-0.2, 0) is 0 Å². The molecule has 2 rings (SSSR count). The van der Waals surface area contributed by atoms with Crippen LogP contribution in [0.5, 0.6) is 0 Å². The maximum atomic E-state index is 6.29. The van der Waals surface area contributed by atoms with Crippen LogP contribution >= 0.6 is 11.6 Å². The van der Waals surface area contributed by atoms with Crippen molar-refractivity contribution in [3.05, 3.63) is 41.2 Å². The fourth-order valence-electron chi connectivity index (χ4n) is 2.42. The summed E-state index contributed by atoms with van der Waals surface area (Å²) in [4.78, 5) is 6.54. The molecule has 1 aromatic heterocycles. The molecule has 0 bridgehead atoms. The monoisotopic (exact) mass is 265 g/mol. The molecule has 0 amide bonds. The van der Waals surface area contributed by atoms with Gasteiger partial charge in [-0.25, -0.2) is 0 Å². The third-order valence-corrected chi connectivity index (χ3v) is 3.61. The Balaban J connectivity index is 2.24. The van der Waals surface area contributed by atoms with Crippen molar-refractivity contribution in [1.29, 1.82) is 0 Å². The number of nitrogens with one attached hydrogen (secondary N) is 1. The predicted molar refractivity (Wildman–Crippen MR) is 75.9 cm³/mol. The minimum absolute atomic E-state index is 0.320. The largest absolute Gasteiger partial charge is 0.314 e. The van der Waals surface area contributed by atoms with E-state index in [0.29, 0.717) is 6.04 Å². The van der Waals surface area contributed by atoms with Gasteiger partial charge in [0.05, 0.1) is 5.02 Å². The molecule has 1 atom stereocenters. The molecule has 0 aromatic carbocycles. The summed E-state index contributed by atoms with van der Waals surface area (Å²) >= 11 is 6.29. The van der Waals surface area contributed by atoms with E-state index in [4.69, 9.17) is 11.6 Å². The van der Waals surface area contributed by atoms with Gasteiger partial charge in [-0.15, -0.1) is 6.58 Å². The molecule has 1 aromatic rings. The highest BCUT2D eigenvalue weighted by Crippen LogP contribution is 2.31. The number of hydrogen-bond acceptors (Lipinski definition) is 3. The second kappa shape index (κ2) is 6.32. The number of pyridine rings is 1. The standard InChI is InChI=1S/C14H20ClN3/c1-11(2)9-14(18-7-5-16-6-8-18)12-3-4-17-10-13(12)15/h3-4,10,14,16H,1,5-9H2,2H3/t14-/m0/s1. The average molecular weight is 266 g/mol. The third kappa shape index (κ3) is 3.31. The Morgan fingerprint density at radius 2 is 2.28 bits per heavy atom. The second-order valence-electron chi connectivity index (χ2n) is 4.86. The lowest BCUT2D eigenvalue weighted by Crippen LogP contribution is -2.45. The highest BCUT2D eigenvalue weighted by molar-refractivity contribution is 6.31. The maximum Gasteiger partial charge on any atom is 0.0637 e. The molecule has 1 aliphatic rings. The lowest BCUT2D eigenvalue weighted by molar-refractivity contribution is 0.172. The normalized spacial score (nSPS) is 18.6. The van der Waals surface area contributed by atoms with Crippen LogP contribution in [0.4, 0.5) is 0 Å². The van der Waals surface area contributed by atoms with Crippen LogP contribution < -0.4 is 5.32 Å². The molecule has 0 spiro atoms. The van der Waals surface area contributed by atoms with Gasteiger partial charge in [-0.1, -0.05) is 17.2 Å². The molecule has 1 saturated heterocycles. The summed E-state index contributed by atoms with van der Waals surface area (Å²) in [5.41, 5.74) is 2.35. The lowest BCUT2D eigenvalue weighted by Gasteiger charge is -2.35. The zero-order chi connectivity index (χ0) is 13.0. The van der Waals surface area contributed by atoms with Crippen molar-refractivity contribution in [3.63, 3.8) is 0 Å². The molecule has 18 heavy (non-hydrogen) atoms. The highest BCUT2D eigenvalue weighted by Gasteiger charge is 2.23. The Labute approximate surface area is 114 Å². The number of piperazine rings is 1. The Morgan fingerprint density at radius 1 is 1.56 bits per heavy atom. The lowest BCUT2D eigenvalue weighted by atomic mass is 9.99. The minimum Gasteiger partial charge on any atom is -0.314 e. The van der Waals surface area contributed by atoms with Crippen molar-refractivity contribution < 1.29 is 0 Å². The van der Waals surface area contributed by atoms with Crippen LogP contribution in [0.2, 0.25) is 5.02 Å².